The monoisotopic (exact) mass is 158 g/mol. The third-order valence-electron chi connectivity index (χ3n) is 2.02. The van der Waals surface area contributed by atoms with Crippen molar-refractivity contribution in [1.29, 1.82) is 0 Å². The van der Waals surface area contributed by atoms with Crippen LogP contribution in [0.15, 0.2) is 30.7 Å². The van der Waals surface area contributed by atoms with E-state index >= 15 is 0 Å². The van der Waals surface area contributed by atoms with Gasteiger partial charge in [-0.2, -0.15) is 0 Å². The SMILES string of the molecule is CCc1cccc2ncncc12. The molecule has 2 aromatic rings. The molecule has 0 saturated heterocycles. The summed E-state index contributed by atoms with van der Waals surface area (Å²) in [5.41, 5.74) is 2.34. The van der Waals surface area contributed by atoms with Gasteiger partial charge in [0.1, 0.15) is 6.33 Å². The largest absolute Gasteiger partial charge is 0.244 e. The summed E-state index contributed by atoms with van der Waals surface area (Å²) in [4.78, 5) is 8.19. The third kappa shape index (κ3) is 1.05. The molecule has 2 rings (SSSR count). The van der Waals surface area contributed by atoms with E-state index in [-0.39, 0.29) is 0 Å². The zero-order valence-corrected chi connectivity index (χ0v) is 6.99. The summed E-state index contributed by atoms with van der Waals surface area (Å²) in [6.45, 7) is 2.14. The van der Waals surface area contributed by atoms with Crippen LogP contribution in [0.5, 0.6) is 0 Å². The average molecular weight is 158 g/mol. The highest BCUT2D eigenvalue weighted by Gasteiger charge is 1.97. The first-order valence-electron chi connectivity index (χ1n) is 4.09. The summed E-state index contributed by atoms with van der Waals surface area (Å²) >= 11 is 0. The lowest BCUT2D eigenvalue weighted by atomic mass is 10.1. The molecule has 1 aromatic heterocycles. The molecule has 0 aliphatic heterocycles. The number of hydrogen-bond donors (Lipinski definition) is 0. The van der Waals surface area contributed by atoms with E-state index in [4.69, 9.17) is 0 Å². The highest BCUT2D eigenvalue weighted by atomic mass is 14.8. The minimum atomic E-state index is 1.03. The maximum atomic E-state index is 4.18. The van der Waals surface area contributed by atoms with E-state index in [2.05, 4.69) is 23.0 Å². The number of nitrogens with zero attached hydrogens (tertiary/aromatic N) is 2. The van der Waals surface area contributed by atoms with Gasteiger partial charge in [-0.1, -0.05) is 19.1 Å². The summed E-state index contributed by atoms with van der Waals surface area (Å²) in [7, 11) is 0. The van der Waals surface area contributed by atoms with E-state index in [0.717, 1.165) is 11.9 Å². The van der Waals surface area contributed by atoms with Crippen molar-refractivity contribution < 1.29 is 0 Å². The molecule has 60 valence electrons. The molecule has 0 atom stereocenters. The van der Waals surface area contributed by atoms with Gasteiger partial charge in [0, 0.05) is 11.6 Å². The van der Waals surface area contributed by atoms with Gasteiger partial charge < -0.3 is 0 Å². The second kappa shape index (κ2) is 2.89. The second-order valence-electron chi connectivity index (χ2n) is 2.73. The van der Waals surface area contributed by atoms with Crippen LogP contribution >= 0.6 is 0 Å². The minimum Gasteiger partial charge on any atom is -0.244 e. The lowest BCUT2D eigenvalue weighted by molar-refractivity contribution is 1.14. The Hall–Kier alpha value is -1.44. The summed E-state index contributed by atoms with van der Waals surface area (Å²) in [5, 5.41) is 1.17. The van der Waals surface area contributed by atoms with Gasteiger partial charge in [-0.3, -0.25) is 0 Å². The van der Waals surface area contributed by atoms with Crippen molar-refractivity contribution in [1.82, 2.24) is 9.97 Å². The molecule has 0 unspecified atom stereocenters. The first-order valence-corrected chi connectivity index (χ1v) is 4.09. The highest BCUT2D eigenvalue weighted by Crippen LogP contribution is 2.15. The van der Waals surface area contributed by atoms with Gasteiger partial charge in [-0.25, -0.2) is 9.97 Å². The molecular formula is C10H10N2. The average Bonchev–Trinajstić information content (AvgIpc) is 2.17. The molecule has 2 nitrogen and oxygen atoms in total. The Morgan fingerprint density at radius 1 is 1.33 bits per heavy atom. The molecule has 12 heavy (non-hydrogen) atoms. The van der Waals surface area contributed by atoms with Crippen LogP contribution in [-0.2, 0) is 6.42 Å². The topological polar surface area (TPSA) is 25.8 Å². The molecule has 0 radical (unpaired) electrons. The van der Waals surface area contributed by atoms with E-state index in [1.165, 1.54) is 10.9 Å². The first-order chi connectivity index (χ1) is 5.92. The van der Waals surface area contributed by atoms with Gasteiger partial charge in [0.25, 0.3) is 0 Å². The number of fused-ring (bicyclic) bond motifs is 1. The van der Waals surface area contributed by atoms with Crippen molar-refractivity contribution in [3.8, 4) is 0 Å². The van der Waals surface area contributed by atoms with Crippen molar-refractivity contribution in [2.45, 2.75) is 13.3 Å². The van der Waals surface area contributed by atoms with Crippen molar-refractivity contribution in [2.75, 3.05) is 0 Å². The molecule has 0 saturated carbocycles. The van der Waals surface area contributed by atoms with Crippen LogP contribution in [0.4, 0.5) is 0 Å². The Bertz CT molecular complexity index is 390. The quantitative estimate of drug-likeness (QED) is 0.635. The molecule has 0 fully saturated rings. The van der Waals surface area contributed by atoms with Gasteiger partial charge in [-0.15, -0.1) is 0 Å². The zero-order chi connectivity index (χ0) is 8.39. The van der Waals surface area contributed by atoms with Crippen LogP contribution in [0.25, 0.3) is 10.9 Å². The Kier molecular flexibility index (Phi) is 1.74. The molecule has 0 bridgehead atoms. The molecule has 0 aliphatic rings. The van der Waals surface area contributed by atoms with Crippen LogP contribution < -0.4 is 0 Å². The van der Waals surface area contributed by atoms with E-state index in [9.17, 15) is 0 Å². The molecule has 2 heteroatoms. The Morgan fingerprint density at radius 3 is 3.08 bits per heavy atom. The number of aromatic nitrogens is 2. The van der Waals surface area contributed by atoms with Crippen molar-refractivity contribution in [3.05, 3.63) is 36.3 Å². The van der Waals surface area contributed by atoms with Crippen LogP contribution in [0.2, 0.25) is 0 Å². The summed E-state index contributed by atoms with van der Waals surface area (Å²) in [6.07, 6.45) is 4.49. The molecule has 0 N–H and O–H groups in total. The van der Waals surface area contributed by atoms with Crippen LogP contribution in [0, 0.1) is 0 Å². The second-order valence-corrected chi connectivity index (χ2v) is 2.73. The predicted octanol–water partition coefficient (Wildman–Crippen LogP) is 2.19. The van der Waals surface area contributed by atoms with Gasteiger partial charge in [-0.05, 0) is 18.1 Å². The molecule has 0 spiro atoms. The molecular weight excluding hydrogens is 148 g/mol. The molecule has 0 aliphatic carbocycles. The van der Waals surface area contributed by atoms with E-state index in [0.29, 0.717) is 0 Å². The standard InChI is InChI=1S/C10H10N2/c1-2-8-4-3-5-10-9(8)6-11-7-12-10/h3-7H,2H2,1H3. The van der Waals surface area contributed by atoms with Gasteiger partial charge >= 0.3 is 0 Å². The zero-order valence-electron chi connectivity index (χ0n) is 6.99. The van der Waals surface area contributed by atoms with E-state index in [1.54, 1.807) is 6.33 Å². The smallest absolute Gasteiger partial charge is 0.116 e. The van der Waals surface area contributed by atoms with Crippen molar-refractivity contribution >= 4 is 10.9 Å². The first kappa shape index (κ1) is 7.22. The van der Waals surface area contributed by atoms with Crippen LogP contribution in [-0.4, -0.2) is 9.97 Å². The Balaban J connectivity index is 2.79. The van der Waals surface area contributed by atoms with E-state index < -0.39 is 0 Å². The fourth-order valence-electron chi connectivity index (χ4n) is 1.37. The lowest BCUT2D eigenvalue weighted by Gasteiger charge is -2.00. The molecule has 1 heterocycles. The number of rotatable bonds is 1. The van der Waals surface area contributed by atoms with Crippen molar-refractivity contribution in [3.63, 3.8) is 0 Å². The number of hydrogen-bond acceptors (Lipinski definition) is 2. The van der Waals surface area contributed by atoms with Gasteiger partial charge in [0.2, 0.25) is 0 Å². The highest BCUT2D eigenvalue weighted by molar-refractivity contribution is 5.80. The van der Waals surface area contributed by atoms with Crippen molar-refractivity contribution in [2.24, 2.45) is 0 Å². The maximum absolute atomic E-state index is 4.18. The predicted molar refractivity (Wildman–Crippen MR) is 48.9 cm³/mol. The number of aryl methyl sites for hydroxylation is 1. The molecule has 1 aromatic carbocycles. The fraction of sp³-hybridized carbons (Fsp3) is 0.200. The summed E-state index contributed by atoms with van der Waals surface area (Å²) < 4.78 is 0. The summed E-state index contributed by atoms with van der Waals surface area (Å²) in [5.74, 6) is 0. The summed E-state index contributed by atoms with van der Waals surface area (Å²) in [6, 6.07) is 6.16. The van der Waals surface area contributed by atoms with E-state index in [1.807, 2.05) is 18.3 Å². The van der Waals surface area contributed by atoms with Crippen LogP contribution in [0.1, 0.15) is 12.5 Å². The minimum absolute atomic E-state index is 1.03. The van der Waals surface area contributed by atoms with Gasteiger partial charge in [0.05, 0.1) is 5.52 Å². The Labute approximate surface area is 71.3 Å². The molecule has 0 amide bonds. The third-order valence-corrected chi connectivity index (χ3v) is 2.02. The Morgan fingerprint density at radius 2 is 2.25 bits per heavy atom. The maximum Gasteiger partial charge on any atom is 0.116 e. The lowest BCUT2D eigenvalue weighted by Crippen LogP contribution is -1.86. The van der Waals surface area contributed by atoms with Gasteiger partial charge in [0.15, 0.2) is 0 Å². The number of benzene rings is 1. The van der Waals surface area contributed by atoms with Crippen LogP contribution in [0.3, 0.4) is 0 Å². The fourth-order valence-corrected chi connectivity index (χ4v) is 1.37. The normalized spacial score (nSPS) is 10.4.